The molecule has 1 aromatic carbocycles. The van der Waals surface area contributed by atoms with E-state index in [1.807, 2.05) is 0 Å². The van der Waals surface area contributed by atoms with Crippen LogP contribution in [-0.4, -0.2) is 11.4 Å². The maximum Gasteiger partial charge on any atom is 0.211 e. The van der Waals surface area contributed by atoms with Gasteiger partial charge in [0.2, 0.25) is 6.41 Å². The second kappa shape index (κ2) is 7.93. The molecule has 0 unspecified atom stereocenters. The SMILES string of the molecule is C=C(CCC)Nc1cc(Oc2ccc(NC=O)c(F)c2)ccn1. The second-order valence-corrected chi connectivity index (χ2v) is 4.86. The molecule has 0 aliphatic rings. The number of benzene rings is 1. The third-order valence-electron chi connectivity index (χ3n) is 2.98. The van der Waals surface area contributed by atoms with Crippen molar-refractivity contribution in [3.05, 3.63) is 54.6 Å². The van der Waals surface area contributed by atoms with Gasteiger partial charge in [-0.25, -0.2) is 9.37 Å². The molecule has 0 aliphatic carbocycles. The number of carbonyl (C=O) groups excluding carboxylic acids is 1. The van der Waals surface area contributed by atoms with Gasteiger partial charge >= 0.3 is 0 Å². The van der Waals surface area contributed by atoms with Crippen LogP contribution in [0.15, 0.2) is 48.8 Å². The molecule has 1 amide bonds. The topological polar surface area (TPSA) is 63.2 Å². The second-order valence-electron chi connectivity index (χ2n) is 4.86. The summed E-state index contributed by atoms with van der Waals surface area (Å²) in [7, 11) is 0. The quantitative estimate of drug-likeness (QED) is 0.713. The van der Waals surface area contributed by atoms with E-state index >= 15 is 0 Å². The van der Waals surface area contributed by atoms with Crippen molar-refractivity contribution in [3.63, 3.8) is 0 Å². The zero-order chi connectivity index (χ0) is 16.7. The predicted octanol–water partition coefficient (Wildman–Crippen LogP) is 4.31. The van der Waals surface area contributed by atoms with Crippen LogP contribution in [0.5, 0.6) is 11.5 Å². The summed E-state index contributed by atoms with van der Waals surface area (Å²) in [6.45, 7) is 5.98. The molecule has 1 aromatic heterocycles. The summed E-state index contributed by atoms with van der Waals surface area (Å²) >= 11 is 0. The average Bonchev–Trinajstić information content (AvgIpc) is 2.51. The van der Waals surface area contributed by atoms with Crippen molar-refractivity contribution in [1.82, 2.24) is 4.98 Å². The van der Waals surface area contributed by atoms with Crippen molar-refractivity contribution in [2.45, 2.75) is 19.8 Å². The minimum Gasteiger partial charge on any atom is -0.457 e. The highest BCUT2D eigenvalue weighted by Gasteiger charge is 2.06. The summed E-state index contributed by atoms with van der Waals surface area (Å²) in [5.74, 6) is 0.879. The van der Waals surface area contributed by atoms with Gasteiger partial charge in [-0.05, 0) is 24.6 Å². The smallest absolute Gasteiger partial charge is 0.211 e. The van der Waals surface area contributed by atoms with Gasteiger partial charge in [-0.3, -0.25) is 4.79 Å². The van der Waals surface area contributed by atoms with E-state index < -0.39 is 5.82 Å². The monoisotopic (exact) mass is 315 g/mol. The Morgan fingerprint density at radius 1 is 1.35 bits per heavy atom. The highest BCUT2D eigenvalue weighted by Crippen LogP contribution is 2.26. The van der Waals surface area contributed by atoms with Crippen LogP contribution in [0.1, 0.15) is 19.8 Å². The fourth-order valence-electron chi connectivity index (χ4n) is 1.96. The van der Waals surface area contributed by atoms with Gasteiger partial charge in [0.15, 0.2) is 0 Å². The Balaban J connectivity index is 2.09. The molecule has 0 atom stereocenters. The molecule has 0 aliphatic heterocycles. The summed E-state index contributed by atoms with van der Waals surface area (Å²) in [4.78, 5) is 14.5. The van der Waals surface area contributed by atoms with Crippen LogP contribution >= 0.6 is 0 Å². The fourth-order valence-corrected chi connectivity index (χ4v) is 1.96. The Bertz CT molecular complexity index is 704. The third kappa shape index (κ3) is 4.81. The van der Waals surface area contributed by atoms with Gasteiger partial charge in [0.05, 0.1) is 5.69 Å². The van der Waals surface area contributed by atoms with Gasteiger partial charge in [0.25, 0.3) is 0 Å². The predicted molar refractivity (Wildman–Crippen MR) is 88.1 cm³/mol. The van der Waals surface area contributed by atoms with Crippen molar-refractivity contribution in [2.24, 2.45) is 0 Å². The number of hydrogen-bond donors (Lipinski definition) is 2. The third-order valence-corrected chi connectivity index (χ3v) is 2.98. The number of nitrogens with zero attached hydrogens (tertiary/aromatic N) is 1. The summed E-state index contributed by atoms with van der Waals surface area (Å²) in [5, 5.41) is 5.37. The molecule has 0 spiro atoms. The van der Waals surface area contributed by atoms with Gasteiger partial charge in [0, 0.05) is 24.0 Å². The first-order valence-corrected chi connectivity index (χ1v) is 7.21. The van der Waals surface area contributed by atoms with Gasteiger partial charge < -0.3 is 15.4 Å². The molecule has 2 aromatic rings. The van der Waals surface area contributed by atoms with Crippen molar-refractivity contribution >= 4 is 17.9 Å². The summed E-state index contributed by atoms with van der Waals surface area (Å²) in [6.07, 6.45) is 3.85. The molecule has 0 saturated heterocycles. The maximum atomic E-state index is 13.7. The number of halogens is 1. The van der Waals surface area contributed by atoms with Crippen LogP contribution < -0.4 is 15.4 Å². The minimum atomic E-state index is -0.571. The zero-order valence-corrected chi connectivity index (χ0v) is 12.8. The van der Waals surface area contributed by atoms with Crippen molar-refractivity contribution in [1.29, 1.82) is 0 Å². The number of amides is 1. The molecule has 0 fully saturated rings. The van der Waals surface area contributed by atoms with Gasteiger partial charge in [0.1, 0.15) is 23.1 Å². The highest BCUT2D eigenvalue weighted by molar-refractivity contribution is 5.71. The Morgan fingerprint density at radius 2 is 2.13 bits per heavy atom. The molecule has 120 valence electrons. The lowest BCUT2D eigenvalue weighted by molar-refractivity contribution is -0.105. The number of allylic oxidation sites excluding steroid dienone is 1. The molecule has 2 rings (SSSR count). The van der Waals surface area contributed by atoms with Crippen molar-refractivity contribution < 1.29 is 13.9 Å². The van der Waals surface area contributed by atoms with E-state index in [1.165, 1.54) is 12.1 Å². The van der Waals surface area contributed by atoms with E-state index in [1.54, 1.807) is 24.4 Å². The van der Waals surface area contributed by atoms with Crippen LogP contribution in [0, 0.1) is 5.82 Å². The first kappa shape index (κ1) is 16.5. The molecule has 0 radical (unpaired) electrons. The van der Waals surface area contributed by atoms with Crippen LogP contribution in [-0.2, 0) is 4.79 Å². The normalized spacial score (nSPS) is 10.0. The van der Waals surface area contributed by atoms with E-state index in [0.717, 1.165) is 18.5 Å². The zero-order valence-electron chi connectivity index (χ0n) is 12.8. The molecule has 23 heavy (non-hydrogen) atoms. The molecule has 1 heterocycles. The standard InChI is InChI=1S/C17H18FN3O2/c1-3-4-12(2)21-17-10-14(7-8-19-17)23-13-5-6-16(20-11-22)15(18)9-13/h5-11H,2-4H2,1H3,(H,19,21)(H,20,22). The molecular weight excluding hydrogens is 297 g/mol. The Morgan fingerprint density at radius 3 is 2.83 bits per heavy atom. The van der Waals surface area contributed by atoms with Crippen LogP contribution in [0.25, 0.3) is 0 Å². The van der Waals surface area contributed by atoms with Crippen LogP contribution in [0.3, 0.4) is 0 Å². The van der Waals surface area contributed by atoms with Gasteiger partial charge in [-0.1, -0.05) is 19.9 Å². The molecule has 6 heteroatoms. The highest BCUT2D eigenvalue weighted by atomic mass is 19.1. The molecular formula is C17H18FN3O2. The Hall–Kier alpha value is -2.89. The first-order chi connectivity index (χ1) is 11.1. The lowest BCUT2D eigenvalue weighted by atomic mass is 10.2. The van der Waals surface area contributed by atoms with Crippen LogP contribution in [0.4, 0.5) is 15.9 Å². The number of pyridine rings is 1. The number of carbonyl (C=O) groups is 1. The molecule has 0 bridgehead atoms. The Kier molecular flexibility index (Phi) is 5.68. The Labute approximate surface area is 134 Å². The summed E-state index contributed by atoms with van der Waals surface area (Å²) in [6, 6.07) is 7.58. The minimum absolute atomic E-state index is 0.0975. The molecule has 5 nitrogen and oxygen atoms in total. The van der Waals surface area contributed by atoms with E-state index in [-0.39, 0.29) is 5.69 Å². The lowest BCUT2D eigenvalue weighted by Crippen LogP contribution is -2.00. The summed E-state index contributed by atoms with van der Waals surface area (Å²) in [5.41, 5.74) is 0.966. The van der Waals surface area contributed by atoms with Crippen molar-refractivity contribution in [2.75, 3.05) is 10.6 Å². The van der Waals surface area contributed by atoms with Crippen molar-refractivity contribution in [3.8, 4) is 11.5 Å². The van der Waals surface area contributed by atoms with E-state index in [4.69, 9.17) is 4.74 Å². The molecule has 2 N–H and O–H groups in total. The molecule has 0 saturated carbocycles. The maximum absolute atomic E-state index is 13.7. The summed E-state index contributed by atoms with van der Waals surface area (Å²) < 4.78 is 19.3. The van der Waals surface area contributed by atoms with E-state index in [2.05, 4.69) is 29.1 Å². The number of anilines is 2. The average molecular weight is 315 g/mol. The number of hydrogen-bond acceptors (Lipinski definition) is 4. The van der Waals surface area contributed by atoms with Gasteiger partial charge in [-0.2, -0.15) is 0 Å². The number of rotatable bonds is 8. The lowest BCUT2D eigenvalue weighted by Gasteiger charge is -2.10. The van der Waals surface area contributed by atoms with E-state index in [9.17, 15) is 9.18 Å². The number of nitrogens with one attached hydrogen (secondary N) is 2. The number of ether oxygens (including phenoxy) is 1. The first-order valence-electron chi connectivity index (χ1n) is 7.21. The number of aromatic nitrogens is 1. The largest absolute Gasteiger partial charge is 0.457 e. The van der Waals surface area contributed by atoms with Crippen LogP contribution in [0.2, 0.25) is 0 Å². The van der Waals surface area contributed by atoms with E-state index in [0.29, 0.717) is 23.7 Å². The van der Waals surface area contributed by atoms with Gasteiger partial charge in [-0.15, -0.1) is 0 Å². The fraction of sp³-hybridized carbons (Fsp3) is 0.176.